The highest BCUT2D eigenvalue weighted by Gasteiger charge is 2.27. The highest BCUT2D eigenvalue weighted by Crippen LogP contribution is 2.19. The van der Waals surface area contributed by atoms with Crippen LogP contribution in [0.25, 0.3) is 0 Å². The van der Waals surface area contributed by atoms with Crippen LogP contribution < -0.4 is 5.32 Å². The Morgan fingerprint density at radius 2 is 2.04 bits per heavy atom. The van der Waals surface area contributed by atoms with E-state index in [1.165, 1.54) is 7.11 Å². The number of methoxy groups -OCH3 is 1. The molecule has 0 saturated carbocycles. The highest BCUT2D eigenvalue weighted by molar-refractivity contribution is 6.30. The van der Waals surface area contributed by atoms with E-state index in [0.29, 0.717) is 5.02 Å². The quantitative estimate of drug-likeness (QED) is 0.474. The molecule has 138 valence electrons. The van der Waals surface area contributed by atoms with E-state index in [9.17, 15) is 9.90 Å². The molecule has 1 unspecified atom stereocenters. The van der Waals surface area contributed by atoms with Crippen molar-refractivity contribution in [1.29, 1.82) is 0 Å². The number of likely N-dealkylation sites (tertiary alicyclic amines) is 1. The van der Waals surface area contributed by atoms with Gasteiger partial charge in [-0.2, -0.15) is 0 Å². The van der Waals surface area contributed by atoms with Gasteiger partial charge in [0.2, 0.25) is 0 Å². The number of nitrogens with zero attached hydrogens (tertiary/aromatic N) is 2. The second-order valence-electron chi connectivity index (χ2n) is 6.05. The smallest absolute Gasteiger partial charge is 0.308 e. The van der Waals surface area contributed by atoms with Crippen LogP contribution in [0.2, 0.25) is 5.02 Å². The molecule has 1 aromatic carbocycles. The van der Waals surface area contributed by atoms with Crippen molar-refractivity contribution in [2.45, 2.75) is 25.9 Å². The van der Waals surface area contributed by atoms with Crippen molar-refractivity contribution in [1.82, 2.24) is 10.2 Å². The van der Waals surface area contributed by atoms with E-state index >= 15 is 0 Å². The number of hydrogen-bond donors (Lipinski definition) is 2. The zero-order valence-electron chi connectivity index (χ0n) is 14.7. The molecule has 1 saturated heterocycles. The molecule has 7 heteroatoms. The predicted molar refractivity (Wildman–Crippen MR) is 98.7 cm³/mol. The van der Waals surface area contributed by atoms with Gasteiger partial charge >= 0.3 is 5.97 Å². The Bertz CT molecular complexity index is 584. The first-order valence-corrected chi connectivity index (χ1v) is 8.97. The maximum absolute atomic E-state index is 11.6. The van der Waals surface area contributed by atoms with Crippen LogP contribution in [-0.2, 0) is 9.53 Å². The van der Waals surface area contributed by atoms with Crippen LogP contribution in [0.1, 0.15) is 31.4 Å². The van der Waals surface area contributed by atoms with E-state index in [-0.39, 0.29) is 18.4 Å². The number of rotatable bonds is 5. The fourth-order valence-electron chi connectivity index (χ4n) is 2.88. The molecule has 1 aliphatic heterocycles. The number of carbonyl (C=O) groups is 1. The normalized spacial score (nSPS) is 17.3. The number of halogens is 1. The topological polar surface area (TPSA) is 74.2 Å². The molecule has 0 spiro atoms. The van der Waals surface area contributed by atoms with Crippen LogP contribution in [0.4, 0.5) is 0 Å². The Morgan fingerprint density at radius 1 is 1.40 bits per heavy atom. The maximum atomic E-state index is 11.6. The summed E-state index contributed by atoms with van der Waals surface area (Å²) < 4.78 is 4.82. The third kappa shape index (κ3) is 5.61. The summed E-state index contributed by atoms with van der Waals surface area (Å²) in [5.74, 6) is 0.586. The Kier molecular flexibility index (Phi) is 7.52. The molecule has 1 aliphatic rings. The van der Waals surface area contributed by atoms with Crippen LogP contribution in [0, 0.1) is 5.92 Å². The number of esters is 1. The largest absolute Gasteiger partial charge is 0.469 e. The molecule has 25 heavy (non-hydrogen) atoms. The van der Waals surface area contributed by atoms with Gasteiger partial charge in [-0.25, -0.2) is 0 Å². The molecule has 0 bridgehead atoms. The average Bonchev–Trinajstić information content (AvgIpc) is 2.65. The minimum atomic E-state index is -0.682. The lowest BCUT2D eigenvalue weighted by molar-refractivity contribution is -0.146. The average molecular weight is 368 g/mol. The number of carbonyl (C=O) groups excluding carboxylic acids is 1. The molecule has 1 atom stereocenters. The van der Waals surface area contributed by atoms with Gasteiger partial charge in [0.25, 0.3) is 0 Å². The molecule has 6 nitrogen and oxygen atoms in total. The van der Waals surface area contributed by atoms with Gasteiger partial charge in [-0.05, 0) is 37.5 Å². The Labute approximate surface area is 153 Å². The van der Waals surface area contributed by atoms with Crippen LogP contribution in [0.15, 0.2) is 29.3 Å². The van der Waals surface area contributed by atoms with Crippen molar-refractivity contribution in [2.75, 3.05) is 33.3 Å². The third-order valence-corrected chi connectivity index (χ3v) is 4.58. The lowest BCUT2D eigenvalue weighted by atomic mass is 9.97. The van der Waals surface area contributed by atoms with Gasteiger partial charge in [-0.3, -0.25) is 9.79 Å². The zero-order chi connectivity index (χ0) is 18.2. The van der Waals surface area contributed by atoms with Crippen molar-refractivity contribution in [3.8, 4) is 0 Å². The predicted octanol–water partition coefficient (Wildman–Crippen LogP) is 2.22. The molecule has 0 amide bonds. The van der Waals surface area contributed by atoms with Gasteiger partial charge in [0.05, 0.1) is 25.7 Å². The summed E-state index contributed by atoms with van der Waals surface area (Å²) in [6.45, 7) is 4.49. The summed E-state index contributed by atoms with van der Waals surface area (Å²) in [5.41, 5.74) is 0.786. The van der Waals surface area contributed by atoms with Gasteiger partial charge in [-0.1, -0.05) is 23.7 Å². The standard InChI is InChI=1S/C18H26ClN3O3/c1-3-20-18(22-10-8-14(9-11-22)17(24)25-2)21-12-16(23)13-4-6-15(19)7-5-13/h4-7,14,16,23H,3,8-12H2,1-2H3,(H,20,21). The van der Waals surface area contributed by atoms with Crippen LogP contribution in [0.3, 0.4) is 0 Å². The number of hydrogen-bond acceptors (Lipinski definition) is 4. The minimum Gasteiger partial charge on any atom is -0.469 e. The number of piperidine rings is 1. The van der Waals surface area contributed by atoms with Crippen molar-refractivity contribution in [3.63, 3.8) is 0 Å². The van der Waals surface area contributed by atoms with E-state index in [0.717, 1.165) is 44.0 Å². The number of aliphatic hydroxyl groups is 1. The molecule has 2 rings (SSSR count). The first-order valence-electron chi connectivity index (χ1n) is 8.59. The van der Waals surface area contributed by atoms with Gasteiger partial charge in [0.15, 0.2) is 5.96 Å². The van der Waals surface area contributed by atoms with Crippen LogP contribution in [-0.4, -0.2) is 55.2 Å². The van der Waals surface area contributed by atoms with E-state index in [2.05, 4.69) is 15.2 Å². The Hall–Kier alpha value is -1.79. The van der Waals surface area contributed by atoms with Crippen molar-refractivity contribution < 1.29 is 14.6 Å². The molecular formula is C18H26ClN3O3. The number of nitrogens with one attached hydrogen (secondary N) is 1. The van der Waals surface area contributed by atoms with Gasteiger partial charge < -0.3 is 20.1 Å². The second kappa shape index (κ2) is 9.63. The fourth-order valence-corrected chi connectivity index (χ4v) is 3.01. The minimum absolute atomic E-state index is 0.0382. The Balaban J connectivity index is 1.96. The number of aliphatic imine (C=N–C) groups is 1. The van der Waals surface area contributed by atoms with Gasteiger partial charge in [-0.15, -0.1) is 0 Å². The summed E-state index contributed by atoms with van der Waals surface area (Å²) in [5, 5.41) is 14.2. The fraction of sp³-hybridized carbons (Fsp3) is 0.556. The summed E-state index contributed by atoms with van der Waals surface area (Å²) in [4.78, 5) is 18.3. The number of guanidine groups is 1. The monoisotopic (exact) mass is 367 g/mol. The van der Waals surface area contributed by atoms with E-state index in [1.807, 2.05) is 6.92 Å². The molecule has 0 aromatic heterocycles. The highest BCUT2D eigenvalue weighted by atomic mass is 35.5. The first kappa shape index (κ1) is 19.5. The number of aliphatic hydroxyl groups excluding tert-OH is 1. The molecule has 2 N–H and O–H groups in total. The molecule has 1 fully saturated rings. The van der Waals surface area contributed by atoms with Crippen LogP contribution >= 0.6 is 11.6 Å². The SMILES string of the molecule is CCNC(=NCC(O)c1ccc(Cl)cc1)N1CCC(C(=O)OC)CC1. The second-order valence-corrected chi connectivity index (χ2v) is 6.48. The summed E-state index contributed by atoms with van der Waals surface area (Å²) in [6, 6.07) is 7.12. The van der Waals surface area contributed by atoms with Gasteiger partial charge in [0, 0.05) is 24.7 Å². The lowest BCUT2D eigenvalue weighted by Gasteiger charge is -2.33. The van der Waals surface area contributed by atoms with E-state index < -0.39 is 6.10 Å². The van der Waals surface area contributed by atoms with Crippen molar-refractivity contribution >= 4 is 23.5 Å². The lowest BCUT2D eigenvalue weighted by Crippen LogP contribution is -2.46. The van der Waals surface area contributed by atoms with Crippen molar-refractivity contribution in [3.05, 3.63) is 34.9 Å². The summed E-state index contributed by atoms with van der Waals surface area (Å²) in [7, 11) is 1.43. The molecule has 0 aliphatic carbocycles. The summed E-state index contributed by atoms with van der Waals surface area (Å²) >= 11 is 5.87. The van der Waals surface area contributed by atoms with Crippen LogP contribution in [0.5, 0.6) is 0 Å². The molecule has 1 aromatic rings. The number of ether oxygens (including phenoxy) is 1. The molecular weight excluding hydrogens is 342 g/mol. The van der Waals surface area contributed by atoms with Gasteiger partial charge in [0.1, 0.15) is 0 Å². The molecule has 1 heterocycles. The zero-order valence-corrected chi connectivity index (χ0v) is 15.5. The third-order valence-electron chi connectivity index (χ3n) is 4.33. The maximum Gasteiger partial charge on any atom is 0.308 e. The van der Waals surface area contributed by atoms with E-state index in [4.69, 9.17) is 16.3 Å². The number of benzene rings is 1. The van der Waals surface area contributed by atoms with Crippen molar-refractivity contribution in [2.24, 2.45) is 10.9 Å². The molecule has 0 radical (unpaired) electrons. The van der Waals surface area contributed by atoms with E-state index in [1.54, 1.807) is 24.3 Å². The Morgan fingerprint density at radius 3 is 2.60 bits per heavy atom. The summed E-state index contributed by atoms with van der Waals surface area (Å²) in [6.07, 6.45) is 0.812. The first-order chi connectivity index (χ1) is 12.0.